The summed E-state index contributed by atoms with van der Waals surface area (Å²) in [6, 6.07) is 8.82. The zero-order valence-electron chi connectivity index (χ0n) is 15.8. The summed E-state index contributed by atoms with van der Waals surface area (Å²) >= 11 is 0. The van der Waals surface area contributed by atoms with E-state index in [1.807, 2.05) is 26.8 Å². The van der Waals surface area contributed by atoms with Crippen LogP contribution < -0.4 is 16.8 Å². The summed E-state index contributed by atoms with van der Waals surface area (Å²) in [5, 5.41) is 2.78. The maximum absolute atomic E-state index is 12.5. The van der Waals surface area contributed by atoms with Crippen molar-refractivity contribution in [2.75, 3.05) is 6.61 Å². The fourth-order valence-electron chi connectivity index (χ4n) is 2.56. The van der Waals surface area contributed by atoms with Crippen molar-refractivity contribution in [1.82, 2.24) is 5.32 Å². The summed E-state index contributed by atoms with van der Waals surface area (Å²) in [6.07, 6.45) is 0.218. The van der Waals surface area contributed by atoms with Crippen LogP contribution in [0.2, 0.25) is 0 Å². The summed E-state index contributed by atoms with van der Waals surface area (Å²) < 4.78 is 10.5. The van der Waals surface area contributed by atoms with Gasteiger partial charge in [-0.3, -0.25) is 9.79 Å². The highest BCUT2D eigenvalue weighted by atomic mass is 16.6. The van der Waals surface area contributed by atoms with Gasteiger partial charge < -0.3 is 26.3 Å². The lowest BCUT2D eigenvalue weighted by molar-refractivity contribution is 0.0813. The SMILES string of the molecule is CC(C)(C)N=C(C=C(N)C1CC(OC(N)=O)CO1)NC(=O)c1ccccc1. The highest BCUT2D eigenvalue weighted by Crippen LogP contribution is 2.20. The number of carbonyl (C=O) groups is 2. The Labute approximate surface area is 158 Å². The molecular weight excluding hydrogens is 348 g/mol. The van der Waals surface area contributed by atoms with Crippen LogP contribution >= 0.6 is 0 Å². The topological polar surface area (TPSA) is 129 Å². The molecule has 2 amide bonds. The lowest BCUT2D eigenvalue weighted by Crippen LogP contribution is -2.33. The molecule has 1 aliphatic rings. The lowest BCUT2D eigenvalue weighted by Gasteiger charge is -2.17. The first kappa shape index (κ1) is 20.4. The highest BCUT2D eigenvalue weighted by molar-refractivity contribution is 6.10. The van der Waals surface area contributed by atoms with Crippen LogP contribution in [-0.4, -0.2) is 42.2 Å². The van der Waals surface area contributed by atoms with E-state index < -0.39 is 23.8 Å². The first-order valence-electron chi connectivity index (χ1n) is 8.65. The molecule has 27 heavy (non-hydrogen) atoms. The number of rotatable bonds is 4. The average molecular weight is 374 g/mol. The van der Waals surface area contributed by atoms with Gasteiger partial charge in [0.1, 0.15) is 18.0 Å². The van der Waals surface area contributed by atoms with Crippen LogP contribution in [0.25, 0.3) is 0 Å². The number of carbonyl (C=O) groups excluding carboxylic acids is 2. The minimum absolute atomic E-state index is 0.213. The van der Waals surface area contributed by atoms with Gasteiger partial charge in [-0.2, -0.15) is 0 Å². The maximum atomic E-state index is 12.5. The molecule has 0 aliphatic carbocycles. The molecule has 1 aromatic carbocycles. The summed E-state index contributed by atoms with van der Waals surface area (Å²) in [4.78, 5) is 27.8. The molecule has 2 rings (SSSR count). The summed E-state index contributed by atoms with van der Waals surface area (Å²) in [5.41, 5.74) is 11.6. The smallest absolute Gasteiger partial charge is 0.404 e. The van der Waals surface area contributed by atoms with Crippen LogP contribution in [0.3, 0.4) is 0 Å². The van der Waals surface area contributed by atoms with Crippen LogP contribution in [0, 0.1) is 0 Å². The van der Waals surface area contributed by atoms with Crippen molar-refractivity contribution in [2.45, 2.75) is 44.9 Å². The van der Waals surface area contributed by atoms with E-state index in [-0.39, 0.29) is 12.5 Å². The third-order valence-electron chi connectivity index (χ3n) is 3.65. The van der Waals surface area contributed by atoms with E-state index in [2.05, 4.69) is 10.3 Å². The van der Waals surface area contributed by atoms with Crippen molar-refractivity contribution >= 4 is 17.8 Å². The molecule has 2 atom stereocenters. The average Bonchev–Trinajstić information content (AvgIpc) is 3.02. The lowest BCUT2D eigenvalue weighted by atomic mass is 10.1. The zero-order chi connectivity index (χ0) is 20.0. The van der Waals surface area contributed by atoms with Gasteiger partial charge in [-0.1, -0.05) is 18.2 Å². The summed E-state index contributed by atoms with van der Waals surface area (Å²) in [5.74, 6) is 0.0432. The van der Waals surface area contributed by atoms with Gasteiger partial charge in [0.25, 0.3) is 5.91 Å². The fourth-order valence-corrected chi connectivity index (χ4v) is 2.56. The van der Waals surface area contributed by atoms with E-state index in [0.29, 0.717) is 23.5 Å². The molecular formula is C19H26N4O4. The van der Waals surface area contributed by atoms with Gasteiger partial charge >= 0.3 is 6.09 Å². The Kier molecular flexibility index (Phi) is 6.57. The van der Waals surface area contributed by atoms with E-state index in [0.717, 1.165) is 0 Å². The second-order valence-electron chi connectivity index (χ2n) is 7.25. The number of nitrogens with zero attached hydrogens (tertiary/aromatic N) is 1. The number of nitrogens with two attached hydrogens (primary N) is 2. The molecule has 0 aromatic heterocycles. The number of ether oxygens (including phenoxy) is 2. The first-order chi connectivity index (χ1) is 12.6. The number of amidine groups is 1. The number of primary amides is 1. The summed E-state index contributed by atoms with van der Waals surface area (Å²) in [6.45, 7) is 5.95. The molecule has 1 aliphatic heterocycles. The predicted octanol–water partition coefficient (Wildman–Crippen LogP) is 1.71. The molecule has 1 heterocycles. The molecule has 0 saturated carbocycles. The van der Waals surface area contributed by atoms with Crippen LogP contribution in [0.4, 0.5) is 4.79 Å². The minimum Gasteiger partial charge on any atom is -0.444 e. The highest BCUT2D eigenvalue weighted by Gasteiger charge is 2.30. The largest absolute Gasteiger partial charge is 0.444 e. The maximum Gasteiger partial charge on any atom is 0.404 e. The number of hydrogen-bond acceptors (Lipinski definition) is 6. The molecule has 2 unspecified atom stereocenters. The van der Waals surface area contributed by atoms with Gasteiger partial charge in [0.2, 0.25) is 0 Å². The second kappa shape index (κ2) is 8.68. The van der Waals surface area contributed by atoms with Crippen LogP contribution in [-0.2, 0) is 9.47 Å². The third kappa shape index (κ3) is 6.74. The quantitative estimate of drug-likeness (QED) is 0.546. The van der Waals surface area contributed by atoms with E-state index in [1.165, 1.54) is 0 Å². The van der Waals surface area contributed by atoms with Crippen LogP contribution in [0.15, 0.2) is 47.1 Å². The molecule has 1 aromatic rings. The molecule has 0 spiro atoms. The normalized spacial score (nSPS) is 21.0. The Morgan fingerprint density at radius 2 is 1.93 bits per heavy atom. The van der Waals surface area contributed by atoms with E-state index in [9.17, 15) is 9.59 Å². The molecule has 1 saturated heterocycles. The van der Waals surface area contributed by atoms with E-state index >= 15 is 0 Å². The number of aliphatic imine (C=N–C) groups is 1. The van der Waals surface area contributed by atoms with Crippen molar-refractivity contribution in [2.24, 2.45) is 16.5 Å². The number of benzene rings is 1. The van der Waals surface area contributed by atoms with Gasteiger partial charge in [0.05, 0.1) is 12.1 Å². The Morgan fingerprint density at radius 3 is 2.52 bits per heavy atom. The molecule has 0 bridgehead atoms. The number of amides is 2. The van der Waals surface area contributed by atoms with Crippen molar-refractivity contribution in [3.63, 3.8) is 0 Å². The van der Waals surface area contributed by atoms with Crippen LogP contribution in [0.5, 0.6) is 0 Å². The molecule has 5 N–H and O–H groups in total. The van der Waals surface area contributed by atoms with Crippen molar-refractivity contribution in [3.05, 3.63) is 47.7 Å². The molecule has 8 nitrogen and oxygen atoms in total. The van der Waals surface area contributed by atoms with Gasteiger partial charge in [-0.25, -0.2) is 4.79 Å². The van der Waals surface area contributed by atoms with Crippen molar-refractivity contribution < 1.29 is 19.1 Å². The third-order valence-corrected chi connectivity index (χ3v) is 3.65. The first-order valence-corrected chi connectivity index (χ1v) is 8.65. The van der Waals surface area contributed by atoms with Gasteiger partial charge in [-0.15, -0.1) is 0 Å². The van der Waals surface area contributed by atoms with E-state index in [4.69, 9.17) is 20.9 Å². The Bertz CT molecular complexity index is 738. The van der Waals surface area contributed by atoms with Crippen molar-refractivity contribution in [1.29, 1.82) is 0 Å². The summed E-state index contributed by atoms with van der Waals surface area (Å²) in [7, 11) is 0. The predicted molar refractivity (Wildman–Crippen MR) is 102 cm³/mol. The number of hydrogen-bond donors (Lipinski definition) is 3. The van der Waals surface area contributed by atoms with Gasteiger partial charge in [0.15, 0.2) is 0 Å². The minimum atomic E-state index is -0.850. The van der Waals surface area contributed by atoms with Crippen LogP contribution in [0.1, 0.15) is 37.6 Å². The fraction of sp³-hybridized carbons (Fsp3) is 0.421. The van der Waals surface area contributed by atoms with Crippen molar-refractivity contribution in [3.8, 4) is 0 Å². The Balaban J connectivity index is 2.15. The molecule has 8 heteroatoms. The zero-order valence-corrected chi connectivity index (χ0v) is 15.8. The second-order valence-corrected chi connectivity index (χ2v) is 7.25. The number of nitrogens with one attached hydrogen (secondary N) is 1. The Morgan fingerprint density at radius 1 is 1.26 bits per heavy atom. The molecule has 146 valence electrons. The molecule has 0 radical (unpaired) electrons. The standard InChI is InChI=1S/C19H26N4O4/c1-19(2,3)23-16(22-17(24)12-7-5-4-6-8-12)10-14(20)15-9-13(11-26-15)27-18(21)25/h4-8,10,13,15H,9,11,20H2,1-3H3,(H2,21,25)(H,22,23,24). The van der Waals surface area contributed by atoms with Gasteiger partial charge in [0, 0.05) is 23.8 Å². The molecule has 1 fully saturated rings. The van der Waals surface area contributed by atoms with E-state index in [1.54, 1.807) is 30.3 Å². The Hall–Kier alpha value is -2.87. The monoisotopic (exact) mass is 374 g/mol. The van der Waals surface area contributed by atoms with Gasteiger partial charge in [-0.05, 0) is 32.9 Å².